The summed E-state index contributed by atoms with van der Waals surface area (Å²) in [5.74, 6) is 0.450. The van der Waals surface area contributed by atoms with E-state index in [1.165, 1.54) is 12.7 Å². The van der Waals surface area contributed by atoms with Crippen LogP contribution in [-0.2, 0) is 4.74 Å². The standard InChI is InChI=1S/C20H24N2O4/c1-13-5-6-14(2)18(15(13)3)26-12-11-21-20(24)22-17-9-7-16(8-10-17)19(23)25-4/h5-10H,11-12H2,1-4H3,(H2,21,22,24). The number of nitrogens with one attached hydrogen (secondary N) is 2. The van der Waals surface area contributed by atoms with Gasteiger partial charge < -0.3 is 20.1 Å². The van der Waals surface area contributed by atoms with E-state index < -0.39 is 5.97 Å². The average molecular weight is 356 g/mol. The van der Waals surface area contributed by atoms with Crippen molar-refractivity contribution >= 4 is 17.7 Å². The van der Waals surface area contributed by atoms with E-state index in [4.69, 9.17) is 4.74 Å². The average Bonchev–Trinajstić information content (AvgIpc) is 2.64. The lowest BCUT2D eigenvalue weighted by Crippen LogP contribution is -2.32. The third kappa shape index (κ3) is 4.99. The smallest absolute Gasteiger partial charge is 0.337 e. The molecule has 6 heteroatoms. The van der Waals surface area contributed by atoms with Gasteiger partial charge >= 0.3 is 12.0 Å². The van der Waals surface area contributed by atoms with Crippen molar-refractivity contribution in [2.75, 3.05) is 25.6 Å². The van der Waals surface area contributed by atoms with Crippen LogP contribution in [0.2, 0.25) is 0 Å². The number of anilines is 1. The molecular formula is C20H24N2O4. The third-order valence-corrected chi connectivity index (χ3v) is 4.07. The number of benzene rings is 2. The van der Waals surface area contributed by atoms with E-state index in [0.717, 1.165) is 16.9 Å². The Hall–Kier alpha value is -3.02. The van der Waals surface area contributed by atoms with Crippen LogP contribution < -0.4 is 15.4 Å². The van der Waals surface area contributed by atoms with Crippen molar-refractivity contribution in [2.45, 2.75) is 20.8 Å². The molecule has 0 fully saturated rings. The number of hydrogen-bond donors (Lipinski definition) is 2. The topological polar surface area (TPSA) is 76.7 Å². The van der Waals surface area contributed by atoms with Gasteiger partial charge in [-0.15, -0.1) is 0 Å². The molecule has 6 nitrogen and oxygen atoms in total. The lowest BCUT2D eigenvalue weighted by molar-refractivity contribution is 0.0600. The molecule has 0 unspecified atom stereocenters. The van der Waals surface area contributed by atoms with Crippen LogP contribution >= 0.6 is 0 Å². The van der Waals surface area contributed by atoms with Crippen LogP contribution in [0.5, 0.6) is 5.75 Å². The molecule has 0 saturated heterocycles. The van der Waals surface area contributed by atoms with Gasteiger partial charge in [0, 0.05) is 5.69 Å². The van der Waals surface area contributed by atoms with Gasteiger partial charge in [0.25, 0.3) is 0 Å². The highest BCUT2D eigenvalue weighted by Gasteiger charge is 2.08. The first kappa shape index (κ1) is 19.3. The molecule has 0 spiro atoms. The molecule has 0 aliphatic carbocycles. The molecule has 0 saturated carbocycles. The van der Waals surface area contributed by atoms with Gasteiger partial charge in [-0.2, -0.15) is 0 Å². The summed E-state index contributed by atoms with van der Waals surface area (Å²) in [7, 11) is 1.32. The highest BCUT2D eigenvalue weighted by atomic mass is 16.5. The molecule has 2 rings (SSSR count). The first-order valence-electron chi connectivity index (χ1n) is 8.35. The Labute approximate surface area is 153 Å². The Kier molecular flexibility index (Phi) is 6.60. The van der Waals surface area contributed by atoms with Crippen LogP contribution in [0.4, 0.5) is 10.5 Å². The van der Waals surface area contributed by atoms with E-state index in [1.54, 1.807) is 24.3 Å². The van der Waals surface area contributed by atoms with Crippen LogP contribution in [0.15, 0.2) is 36.4 Å². The lowest BCUT2D eigenvalue weighted by atomic mass is 10.1. The fourth-order valence-electron chi connectivity index (χ4n) is 2.45. The van der Waals surface area contributed by atoms with Crippen molar-refractivity contribution in [3.63, 3.8) is 0 Å². The Morgan fingerprint density at radius 3 is 2.27 bits per heavy atom. The van der Waals surface area contributed by atoms with Crippen molar-refractivity contribution in [1.82, 2.24) is 5.32 Å². The molecule has 0 aliphatic rings. The van der Waals surface area contributed by atoms with E-state index in [-0.39, 0.29) is 6.03 Å². The summed E-state index contributed by atoms with van der Waals surface area (Å²) in [4.78, 5) is 23.3. The second-order valence-corrected chi connectivity index (χ2v) is 5.95. The first-order chi connectivity index (χ1) is 12.4. The zero-order valence-electron chi connectivity index (χ0n) is 15.5. The SMILES string of the molecule is COC(=O)c1ccc(NC(=O)NCCOc2c(C)ccc(C)c2C)cc1. The maximum Gasteiger partial charge on any atom is 0.337 e. The van der Waals surface area contributed by atoms with Crippen molar-refractivity contribution in [3.05, 3.63) is 58.7 Å². The van der Waals surface area contributed by atoms with Crippen molar-refractivity contribution in [1.29, 1.82) is 0 Å². The summed E-state index contributed by atoms with van der Waals surface area (Å²) < 4.78 is 10.4. The van der Waals surface area contributed by atoms with Crippen LogP contribution in [-0.4, -0.2) is 32.3 Å². The number of rotatable bonds is 6. The number of methoxy groups -OCH3 is 1. The molecule has 0 aliphatic heterocycles. The summed E-state index contributed by atoms with van der Waals surface area (Å²) in [5, 5.41) is 5.44. The lowest BCUT2D eigenvalue weighted by Gasteiger charge is -2.14. The Balaban J connectivity index is 1.79. The third-order valence-electron chi connectivity index (χ3n) is 4.07. The van der Waals surface area contributed by atoms with Gasteiger partial charge in [0.1, 0.15) is 12.4 Å². The molecule has 0 aromatic heterocycles. The number of carbonyl (C=O) groups excluding carboxylic acids is 2. The van der Waals surface area contributed by atoms with E-state index in [9.17, 15) is 9.59 Å². The minimum atomic E-state index is -0.417. The first-order valence-corrected chi connectivity index (χ1v) is 8.35. The van der Waals surface area contributed by atoms with Crippen LogP contribution in [0, 0.1) is 20.8 Å². The summed E-state index contributed by atoms with van der Waals surface area (Å²) in [6.07, 6.45) is 0. The molecule has 0 heterocycles. The molecule has 2 aromatic carbocycles. The zero-order valence-corrected chi connectivity index (χ0v) is 15.5. The van der Waals surface area contributed by atoms with Gasteiger partial charge in [0.15, 0.2) is 0 Å². The number of esters is 1. The fourth-order valence-corrected chi connectivity index (χ4v) is 2.45. The second-order valence-electron chi connectivity index (χ2n) is 5.95. The van der Waals surface area contributed by atoms with Crippen LogP contribution in [0.1, 0.15) is 27.0 Å². The minimum Gasteiger partial charge on any atom is -0.491 e. The van der Waals surface area contributed by atoms with Crippen LogP contribution in [0.3, 0.4) is 0 Å². The molecular weight excluding hydrogens is 332 g/mol. The predicted octanol–water partition coefficient (Wildman–Crippen LogP) is 3.60. The normalized spacial score (nSPS) is 10.2. The van der Waals surface area contributed by atoms with Gasteiger partial charge in [-0.25, -0.2) is 9.59 Å². The number of urea groups is 1. The second kappa shape index (κ2) is 8.89. The number of ether oxygens (including phenoxy) is 2. The van der Waals surface area contributed by atoms with Gasteiger partial charge in [-0.3, -0.25) is 0 Å². The largest absolute Gasteiger partial charge is 0.491 e. The van der Waals surface area contributed by atoms with E-state index >= 15 is 0 Å². The van der Waals surface area contributed by atoms with Gasteiger partial charge in [-0.05, 0) is 61.7 Å². The Morgan fingerprint density at radius 2 is 1.62 bits per heavy atom. The van der Waals surface area contributed by atoms with Gasteiger partial charge in [-0.1, -0.05) is 12.1 Å². The molecule has 2 amide bonds. The highest BCUT2D eigenvalue weighted by Crippen LogP contribution is 2.25. The summed E-state index contributed by atoms with van der Waals surface area (Å²) in [6.45, 7) is 6.81. The molecule has 26 heavy (non-hydrogen) atoms. The van der Waals surface area contributed by atoms with E-state index in [2.05, 4.69) is 21.4 Å². The molecule has 0 bridgehead atoms. The fraction of sp³-hybridized carbons (Fsp3) is 0.300. The molecule has 0 radical (unpaired) electrons. The number of carbonyl (C=O) groups is 2. The maximum atomic E-state index is 11.9. The van der Waals surface area contributed by atoms with E-state index in [1.807, 2.05) is 26.8 Å². The quantitative estimate of drug-likeness (QED) is 0.612. The van der Waals surface area contributed by atoms with Crippen molar-refractivity contribution in [3.8, 4) is 5.75 Å². The van der Waals surface area contributed by atoms with E-state index in [0.29, 0.717) is 24.4 Å². The van der Waals surface area contributed by atoms with Crippen molar-refractivity contribution < 1.29 is 19.1 Å². The monoisotopic (exact) mass is 356 g/mol. The molecule has 2 aromatic rings. The summed E-state index contributed by atoms with van der Waals surface area (Å²) in [5.41, 5.74) is 4.37. The number of aryl methyl sites for hydroxylation is 2. The summed E-state index contributed by atoms with van der Waals surface area (Å²) >= 11 is 0. The number of amides is 2. The van der Waals surface area contributed by atoms with Crippen LogP contribution in [0.25, 0.3) is 0 Å². The molecule has 138 valence electrons. The molecule has 2 N–H and O–H groups in total. The molecule has 0 atom stereocenters. The Morgan fingerprint density at radius 1 is 0.962 bits per heavy atom. The minimum absolute atomic E-state index is 0.336. The number of hydrogen-bond acceptors (Lipinski definition) is 4. The Bertz CT molecular complexity index is 785. The highest BCUT2D eigenvalue weighted by molar-refractivity contribution is 5.92. The predicted molar refractivity (Wildman–Crippen MR) is 101 cm³/mol. The zero-order chi connectivity index (χ0) is 19.1. The van der Waals surface area contributed by atoms with Crippen molar-refractivity contribution in [2.24, 2.45) is 0 Å². The maximum absolute atomic E-state index is 11.9. The van der Waals surface area contributed by atoms with Gasteiger partial charge in [0.2, 0.25) is 0 Å². The summed E-state index contributed by atoms with van der Waals surface area (Å²) in [6, 6.07) is 10.2. The van der Waals surface area contributed by atoms with Gasteiger partial charge in [0.05, 0.1) is 19.2 Å².